The highest BCUT2D eigenvalue weighted by atomic mass is 16.3. The second-order valence-corrected chi connectivity index (χ2v) is 7.61. The Bertz CT molecular complexity index is 1030. The molecule has 0 radical (unpaired) electrons. The number of carbonyl (C=O) groups excluding carboxylic acids is 1. The quantitative estimate of drug-likeness (QED) is 0.676. The molecule has 3 aromatic rings. The van der Waals surface area contributed by atoms with E-state index >= 15 is 0 Å². The van der Waals surface area contributed by atoms with E-state index in [1.54, 1.807) is 24.5 Å². The molecule has 1 saturated heterocycles. The van der Waals surface area contributed by atoms with Gasteiger partial charge >= 0.3 is 0 Å². The van der Waals surface area contributed by atoms with Gasteiger partial charge in [0, 0.05) is 19.3 Å². The zero-order chi connectivity index (χ0) is 20.3. The first-order chi connectivity index (χ1) is 14.1. The fraction of sp³-hybridized carbons (Fsp3) is 0.304. The molecule has 1 aromatic carbocycles. The average Bonchev–Trinajstić information content (AvgIpc) is 3.30. The molecule has 6 nitrogen and oxygen atoms in total. The molecule has 2 aromatic heterocycles. The molecule has 0 saturated carbocycles. The smallest absolute Gasteiger partial charge is 0.256 e. The van der Waals surface area contributed by atoms with E-state index < -0.39 is 5.41 Å². The molecular formula is C23H22N4O2. The summed E-state index contributed by atoms with van der Waals surface area (Å²) in [6.07, 6.45) is 6.53. The SMILES string of the molecule is Cc1ccc(CC2(C#N)CCN(C(=O)c3cccnc3-c3cnco3)CC2)cc1. The number of nitrogens with zero attached hydrogens (tertiary/aromatic N) is 4. The zero-order valence-corrected chi connectivity index (χ0v) is 16.3. The maximum atomic E-state index is 13.2. The molecule has 0 atom stereocenters. The van der Waals surface area contributed by atoms with Gasteiger partial charge < -0.3 is 9.32 Å². The molecule has 3 heterocycles. The predicted octanol–water partition coefficient (Wildman–Crippen LogP) is 4.03. The number of piperidine rings is 1. The number of rotatable bonds is 4. The van der Waals surface area contributed by atoms with Gasteiger partial charge in [0.1, 0.15) is 5.69 Å². The van der Waals surface area contributed by atoms with Crippen LogP contribution in [0.2, 0.25) is 0 Å². The molecular weight excluding hydrogens is 364 g/mol. The van der Waals surface area contributed by atoms with E-state index in [9.17, 15) is 10.1 Å². The summed E-state index contributed by atoms with van der Waals surface area (Å²) in [5, 5.41) is 9.89. The van der Waals surface area contributed by atoms with Gasteiger partial charge in [0.05, 0.1) is 23.2 Å². The standard InChI is InChI=1S/C23H22N4O2/c1-17-4-6-18(7-5-17)13-23(15-24)8-11-27(12-9-23)22(28)19-3-2-10-26-21(19)20-14-25-16-29-20/h2-7,10,14,16H,8-9,11-13H2,1H3. The summed E-state index contributed by atoms with van der Waals surface area (Å²) >= 11 is 0. The van der Waals surface area contributed by atoms with Crippen LogP contribution in [-0.4, -0.2) is 33.9 Å². The Labute approximate surface area is 169 Å². The Morgan fingerprint density at radius 2 is 2.00 bits per heavy atom. The van der Waals surface area contributed by atoms with E-state index in [1.807, 2.05) is 4.90 Å². The molecule has 29 heavy (non-hydrogen) atoms. The van der Waals surface area contributed by atoms with Crippen LogP contribution < -0.4 is 0 Å². The minimum atomic E-state index is -0.436. The van der Waals surface area contributed by atoms with Crippen molar-refractivity contribution >= 4 is 5.91 Å². The van der Waals surface area contributed by atoms with Crippen LogP contribution in [0.1, 0.15) is 34.3 Å². The Kier molecular flexibility index (Phi) is 5.13. The van der Waals surface area contributed by atoms with Crippen LogP contribution in [0, 0.1) is 23.7 Å². The molecule has 4 rings (SSSR count). The Hall–Kier alpha value is -3.46. The van der Waals surface area contributed by atoms with Crippen LogP contribution in [-0.2, 0) is 6.42 Å². The summed E-state index contributed by atoms with van der Waals surface area (Å²) in [5.41, 5.74) is 2.92. The van der Waals surface area contributed by atoms with Gasteiger partial charge in [-0.3, -0.25) is 9.78 Å². The van der Waals surface area contributed by atoms with Gasteiger partial charge in [-0.05, 0) is 43.9 Å². The number of carbonyl (C=O) groups is 1. The van der Waals surface area contributed by atoms with Crippen LogP contribution in [0.15, 0.2) is 59.6 Å². The number of pyridine rings is 1. The zero-order valence-electron chi connectivity index (χ0n) is 16.3. The third-order valence-electron chi connectivity index (χ3n) is 5.61. The number of likely N-dealkylation sites (tertiary alicyclic amines) is 1. The van der Waals surface area contributed by atoms with Gasteiger partial charge in [0.2, 0.25) is 0 Å². The average molecular weight is 386 g/mol. The second-order valence-electron chi connectivity index (χ2n) is 7.61. The summed E-state index contributed by atoms with van der Waals surface area (Å²) < 4.78 is 5.34. The third kappa shape index (κ3) is 3.90. The monoisotopic (exact) mass is 386 g/mol. The van der Waals surface area contributed by atoms with Crippen LogP contribution >= 0.6 is 0 Å². The van der Waals surface area contributed by atoms with Crippen molar-refractivity contribution in [1.82, 2.24) is 14.9 Å². The van der Waals surface area contributed by atoms with Gasteiger partial charge in [-0.15, -0.1) is 0 Å². The summed E-state index contributed by atoms with van der Waals surface area (Å²) in [6.45, 7) is 3.14. The number of oxazole rings is 1. The number of aromatic nitrogens is 2. The lowest BCUT2D eigenvalue weighted by molar-refractivity contribution is 0.0647. The molecule has 1 fully saturated rings. The van der Waals surface area contributed by atoms with Gasteiger partial charge in [-0.25, -0.2) is 4.98 Å². The van der Waals surface area contributed by atoms with Crippen molar-refractivity contribution in [3.05, 3.63) is 71.9 Å². The van der Waals surface area contributed by atoms with Gasteiger partial charge in [-0.2, -0.15) is 5.26 Å². The highest BCUT2D eigenvalue weighted by Gasteiger charge is 2.37. The lowest BCUT2D eigenvalue weighted by Gasteiger charge is -2.37. The number of hydrogen-bond acceptors (Lipinski definition) is 5. The molecule has 1 aliphatic heterocycles. The van der Waals surface area contributed by atoms with Gasteiger partial charge in [0.25, 0.3) is 5.91 Å². The Morgan fingerprint density at radius 3 is 2.66 bits per heavy atom. The van der Waals surface area contributed by atoms with Crippen molar-refractivity contribution in [2.24, 2.45) is 5.41 Å². The van der Waals surface area contributed by atoms with Crippen LogP contribution in [0.4, 0.5) is 0 Å². The van der Waals surface area contributed by atoms with E-state index in [0.717, 1.165) is 5.56 Å². The van der Waals surface area contributed by atoms with Gasteiger partial charge in [0.15, 0.2) is 12.2 Å². The van der Waals surface area contributed by atoms with Crippen LogP contribution in [0.3, 0.4) is 0 Å². The normalized spacial score (nSPS) is 15.7. The number of aryl methyl sites for hydroxylation is 1. The number of benzene rings is 1. The first-order valence-electron chi connectivity index (χ1n) is 9.70. The van der Waals surface area contributed by atoms with Crippen molar-refractivity contribution in [1.29, 1.82) is 5.26 Å². The number of nitriles is 1. The minimum absolute atomic E-state index is 0.0913. The van der Waals surface area contributed by atoms with E-state index in [2.05, 4.69) is 47.2 Å². The van der Waals surface area contributed by atoms with Crippen molar-refractivity contribution in [3.8, 4) is 17.5 Å². The molecule has 0 aliphatic carbocycles. The molecule has 0 spiro atoms. The van der Waals surface area contributed by atoms with Crippen molar-refractivity contribution in [2.45, 2.75) is 26.2 Å². The Morgan fingerprint density at radius 1 is 1.24 bits per heavy atom. The molecule has 1 aliphatic rings. The number of amides is 1. The topological polar surface area (TPSA) is 83.0 Å². The molecule has 6 heteroatoms. The maximum absolute atomic E-state index is 13.2. The lowest BCUT2D eigenvalue weighted by Crippen LogP contribution is -2.43. The lowest BCUT2D eigenvalue weighted by atomic mass is 9.75. The predicted molar refractivity (Wildman–Crippen MR) is 108 cm³/mol. The molecule has 146 valence electrons. The highest BCUT2D eigenvalue weighted by molar-refractivity contribution is 5.99. The first-order valence-corrected chi connectivity index (χ1v) is 9.70. The molecule has 1 amide bonds. The van der Waals surface area contributed by atoms with Crippen LogP contribution in [0.5, 0.6) is 0 Å². The third-order valence-corrected chi connectivity index (χ3v) is 5.61. The second kappa shape index (κ2) is 7.88. The molecule has 0 unspecified atom stereocenters. The van der Waals surface area contributed by atoms with Crippen molar-refractivity contribution in [3.63, 3.8) is 0 Å². The minimum Gasteiger partial charge on any atom is -0.442 e. The summed E-state index contributed by atoms with van der Waals surface area (Å²) in [7, 11) is 0. The van der Waals surface area contributed by atoms with Crippen molar-refractivity contribution in [2.75, 3.05) is 13.1 Å². The first kappa shape index (κ1) is 18.9. The van der Waals surface area contributed by atoms with E-state index in [0.29, 0.717) is 49.4 Å². The maximum Gasteiger partial charge on any atom is 0.256 e. The van der Waals surface area contributed by atoms with E-state index in [1.165, 1.54) is 12.0 Å². The number of hydrogen-bond donors (Lipinski definition) is 0. The summed E-state index contributed by atoms with van der Waals surface area (Å²) in [6, 6.07) is 14.4. The molecule has 0 N–H and O–H groups in total. The Balaban J connectivity index is 1.49. The highest BCUT2D eigenvalue weighted by Crippen LogP contribution is 2.35. The largest absolute Gasteiger partial charge is 0.442 e. The van der Waals surface area contributed by atoms with E-state index in [4.69, 9.17) is 4.42 Å². The molecule has 0 bridgehead atoms. The fourth-order valence-corrected chi connectivity index (χ4v) is 3.84. The fourth-order valence-electron chi connectivity index (χ4n) is 3.84. The summed E-state index contributed by atoms with van der Waals surface area (Å²) in [4.78, 5) is 23.2. The van der Waals surface area contributed by atoms with E-state index in [-0.39, 0.29) is 5.91 Å². The van der Waals surface area contributed by atoms with Crippen LogP contribution in [0.25, 0.3) is 11.5 Å². The van der Waals surface area contributed by atoms with Crippen molar-refractivity contribution < 1.29 is 9.21 Å². The summed E-state index contributed by atoms with van der Waals surface area (Å²) in [5.74, 6) is 0.378. The van der Waals surface area contributed by atoms with Gasteiger partial charge in [-0.1, -0.05) is 29.8 Å².